The second-order valence-corrected chi connectivity index (χ2v) is 7.96. The number of piperidine rings is 1. The van der Waals surface area contributed by atoms with E-state index in [2.05, 4.69) is 21.3 Å². The van der Waals surface area contributed by atoms with E-state index in [1.54, 1.807) is 14.2 Å². The third-order valence-electron chi connectivity index (χ3n) is 5.80. The molecule has 0 aliphatic carbocycles. The smallest absolute Gasteiger partial charge is 0.322 e. The minimum atomic E-state index is -0.104. The maximum absolute atomic E-state index is 13.2. The van der Waals surface area contributed by atoms with Crippen LogP contribution in [-0.4, -0.2) is 73.9 Å². The first-order valence-corrected chi connectivity index (χ1v) is 10.9. The van der Waals surface area contributed by atoms with Crippen molar-refractivity contribution in [1.82, 2.24) is 14.8 Å². The van der Waals surface area contributed by atoms with E-state index in [1.165, 1.54) is 0 Å². The van der Waals surface area contributed by atoms with Gasteiger partial charge in [-0.1, -0.05) is 12.1 Å². The highest BCUT2D eigenvalue weighted by Crippen LogP contribution is 2.26. The number of aromatic nitrogens is 1. The van der Waals surface area contributed by atoms with Gasteiger partial charge in [-0.05, 0) is 49.6 Å². The molecule has 3 rings (SSSR count). The molecular weight excluding hydrogens is 392 g/mol. The molecule has 2 aromatic rings. The van der Waals surface area contributed by atoms with Crippen molar-refractivity contribution >= 4 is 11.7 Å². The predicted molar refractivity (Wildman–Crippen MR) is 123 cm³/mol. The molecule has 2 heterocycles. The monoisotopic (exact) mass is 426 g/mol. The van der Waals surface area contributed by atoms with Crippen LogP contribution in [0.2, 0.25) is 0 Å². The molecule has 1 fully saturated rings. The summed E-state index contributed by atoms with van der Waals surface area (Å²) in [6.45, 7) is 6.02. The molecule has 2 amide bonds. The molecule has 7 nitrogen and oxygen atoms in total. The number of pyridine rings is 1. The number of aryl methyl sites for hydroxylation is 1. The van der Waals surface area contributed by atoms with Crippen molar-refractivity contribution in [3.63, 3.8) is 0 Å². The van der Waals surface area contributed by atoms with Gasteiger partial charge in [-0.2, -0.15) is 0 Å². The highest BCUT2D eigenvalue weighted by atomic mass is 16.5. The Balaban J connectivity index is 1.58. The third kappa shape index (κ3) is 6.67. The lowest BCUT2D eigenvalue weighted by Crippen LogP contribution is -2.50. The maximum atomic E-state index is 13.2. The summed E-state index contributed by atoms with van der Waals surface area (Å²) in [6, 6.07) is 11.9. The molecule has 7 heteroatoms. The minimum Gasteiger partial charge on any atom is -0.495 e. The SMILES string of the molecule is COCCN(C(=O)Nc1cc(C)ccc1OC)C1CCN(CCc2ccccn2)CC1. The number of methoxy groups -OCH3 is 2. The Labute approximate surface area is 185 Å². The number of nitrogens with zero attached hydrogens (tertiary/aromatic N) is 3. The fraction of sp³-hybridized carbons (Fsp3) is 0.500. The molecule has 0 bridgehead atoms. The lowest BCUT2D eigenvalue weighted by Gasteiger charge is -2.38. The molecule has 1 N–H and O–H groups in total. The fourth-order valence-electron chi connectivity index (χ4n) is 4.02. The number of ether oxygens (including phenoxy) is 2. The predicted octanol–water partition coefficient (Wildman–Crippen LogP) is 3.59. The summed E-state index contributed by atoms with van der Waals surface area (Å²) in [6.07, 6.45) is 4.69. The van der Waals surface area contributed by atoms with E-state index < -0.39 is 0 Å². The molecule has 168 valence electrons. The Hall–Kier alpha value is -2.64. The lowest BCUT2D eigenvalue weighted by molar-refractivity contribution is 0.101. The highest BCUT2D eigenvalue weighted by Gasteiger charge is 2.28. The normalized spacial score (nSPS) is 14.9. The summed E-state index contributed by atoms with van der Waals surface area (Å²) < 4.78 is 10.7. The Morgan fingerprint density at radius 1 is 1.23 bits per heavy atom. The van der Waals surface area contributed by atoms with Gasteiger partial charge < -0.3 is 24.6 Å². The number of anilines is 1. The van der Waals surface area contributed by atoms with Crippen LogP contribution < -0.4 is 10.1 Å². The summed E-state index contributed by atoms with van der Waals surface area (Å²) in [4.78, 5) is 22.0. The van der Waals surface area contributed by atoms with Gasteiger partial charge in [-0.3, -0.25) is 4.98 Å². The van der Waals surface area contributed by atoms with Gasteiger partial charge in [-0.15, -0.1) is 0 Å². The van der Waals surface area contributed by atoms with Crippen LogP contribution in [0.15, 0.2) is 42.6 Å². The Kier molecular flexibility index (Phi) is 8.67. The maximum Gasteiger partial charge on any atom is 0.322 e. The Morgan fingerprint density at radius 3 is 2.71 bits per heavy atom. The zero-order valence-electron chi connectivity index (χ0n) is 18.8. The van der Waals surface area contributed by atoms with Crippen molar-refractivity contribution in [2.24, 2.45) is 0 Å². The molecule has 0 unspecified atom stereocenters. The number of carbonyl (C=O) groups excluding carboxylic acids is 1. The van der Waals surface area contributed by atoms with E-state index in [1.807, 2.05) is 48.4 Å². The zero-order valence-corrected chi connectivity index (χ0v) is 18.8. The van der Waals surface area contributed by atoms with Gasteiger partial charge in [0.1, 0.15) is 5.75 Å². The molecule has 0 radical (unpaired) electrons. The van der Waals surface area contributed by atoms with E-state index in [0.29, 0.717) is 24.6 Å². The number of rotatable bonds is 9. The Morgan fingerprint density at radius 2 is 2.03 bits per heavy atom. The summed E-state index contributed by atoms with van der Waals surface area (Å²) in [7, 11) is 3.28. The van der Waals surface area contributed by atoms with Crippen LogP contribution in [0, 0.1) is 6.92 Å². The van der Waals surface area contributed by atoms with Crippen molar-refractivity contribution in [3.05, 3.63) is 53.9 Å². The zero-order chi connectivity index (χ0) is 22.1. The average Bonchev–Trinajstić information content (AvgIpc) is 2.79. The van der Waals surface area contributed by atoms with Crippen molar-refractivity contribution < 1.29 is 14.3 Å². The van der Waals surface area contributed by atoms with Crippen LogP contribution in [0.5, 0.6) is 5.75 Å². The number of likely N-dealkylation sites (tertiary alicyclic amines) is 1. The van der Waals surface area contributed by atoms with Crippen molar-refractivity contribution in [3.8, 4) is 5.75 Å². The molecule has 31 heavy (non-hydrogen) atoms. The van der Waals surface area contributed by atoms with Gasteiger partial charge in [0.2, 0.25) is 0 Å². The molecule has 1 aromatic heterocycles. The van der Waals surface area contributed by atoms with Crippen molar-refractivity contribution in [2.45, 2.75) is 32.2 Å². The summed E-state index contributed by atoms with van der Waals surface area (Å²) in [5.74, 6) is 0.662. The summed E-state index contributed by atoms with van der Waals surface area (Å²) in [5, 5.41) is 3.05. The molecule has 0 saturated carbocycles. The fourth-order valence-corrected chi connectivity index (χ4v) is 4.02. The van der Waals surface area contributed by atoms with Gasteiger partial charge >= 0.3 is 6.03 Å². The van der Waals surface area contributed by atoms with E-state index in [0.717, 1.165) is 50.2 Å². The van der Waals surface area contributed by atoms with Gasteiger partial charge in [0.15, 0.2) is 0 Å². The first kappa shape index (κ1) is 23.0. The second kappa shape index (κ2) is 11.7. The topological polar surface area (TPSA) is 66.9 Å². The number of amides is 2. The van der Waals surface area contributed by atoms with E-state index >= 15 is 0 Å². The number of nitrogens with one attached hydrogen (secondary N) is 1. The van der Waals surface area contributed by atoms with Crippen LogP contribution in [0.3, 0.4) is 0 Å². The van der Waals surface area contributed by atoms with Gasteiger partial charge in [-0.25, -0.2) is 4.79 Å². The Bertz CT molecular complexity index is 823. The van der Waals surface area contributed by atoms with Gasteiger partial charge in [0, 0.05) is 57.6 Å². The van der Waals surface area contributed by atoms with Crippen LogP contribution in [0.25, 0.3) is 0 Å². The van der Waals surface area contributed by atoms with Gasteiger partial charge in [0.25, 0.3) is 0 Å². The number of hydrogen-bond acceptors (Lipinski definition) is 5. The summed E-state index contributed by atoms with van der Waals surface area (Å²) in [5.41, 5.74) is 2.89. The molecule has 1 saturated heterocycles. The molecule has 1 aliphatic heterocycles. The first-order valence-electron chi connectivity index (χ1n) is 10.9. The minimum absolute atomic E-state index is 0.104. The van der Waals surface area contributed by atoms with Gasteiger partial charge in [0.05, 0.1) is 19.4 Å². The number of hydrogen-bond donors (Lipinski definition) is 1. The molecule has 1 aliphatic rings. The standard InChI is InChI=1S/C24H34N4O3/c1-19-7-8-23(31-3)22(18-19)26-24(29)28(16-17-30-2)21-10-14-27(15-11-21)13-9-20-6-4-5-12-25-20/h4-8,12,18,21H,9-11,13-17H2,1-3H3,(H,26,29). The molecule has 0 spiro atoms. The number of urea groups is 1. The number of carbonyl (C=O) groups is 1. The molecular formula is C24H34N4O3. The average molecular weight is 427 g/mol. The second-order valence-electron chi connectivity index (χ2n) is 7.96. The van der Waals surface area contributed by atoms with E-state index in [4.69, 9.17) is 9.47 Å². The first-order chi connectivity index (χ1) is 15.1. The van der Waals surface area contributed by atoms with E-state index in [-0.39, 0.29) is 12.1 Å². The van der Waals surface area contributed by atoms with Crippen molar-refractivity contribution in [2.75, 3.05) is 52.3 Å². The van der Waals surface area contributed by atoms with Crippen LogP contribution >= 0.6 is 0 Å². The highest BCUT2D eigenvalue weighted by molar-refractivity contribution is 5.91. The van der Waals surface area contributed by atoms with Crippen LogP contribution in [0.1, 0.15) is 24.1 Å². The molecule has 1 aromatic carbocycles. The largest absolute Gasteiger partial charge is 0.495 e. The summed E-state index contributed by atoms with van der Waals surface area (Å²) >= 11 is 0. The number of benzene rings is 1. The third-order valence-corrected chi connectivity index (χ3v) is 5.80. The van der Waals surface area contributed by atoms with Crippen LogP contribution in [0.4, 0.5) is 10.5 Å². The van der Waals surface area contributed by atoms with Crippen molar-refractivity contribution in [1.29, 1.82) is 0 Å². The van der Waals surface area contributed by atoms with Crippen LogP contribution in [-0.2, 0) is 11.2 Å². The quantitative estimate of drug-likeness (QED) is 0.664. The molecule has 0 atom stereocenters. The van der Waals surface area contributed by atoms with E-state index in [9.17, 15) is 4.79 Å². The lowest BCUT2D eigenvalue weighted by atomic mass is 10.0.